The van der Waals surface area contributed by atoms with Crippen LogP contribution in [-0.2, 0) is 6.18 Å². The first-order chi connectivity index (χ1) is 10.1. The number of halogens is 3. The van der Waals surface area contributed by atoms with Crippen LogP contribution in [0.4, 0.5) is 13.2 Å². The van der Waals surface area contributed by atoms with Crippen molar-refractivity contribution in [2.24, 2.45) is 0 Å². The van der Waals surface area contributed by atoms with Crippen LogP contribution in [0.15, 0.2) is 30.3 Å². The lowest BCUT2D eigenvalue weighted by Crippen LogP contribution is -2.38. The molecule has 0 unspecified atom stereocenters. The fourth-order valence-corrected chi connectivity index (χ4v) is 2.11. The number of rotatable bonds is 3. The number of nitrogens with one attached hydrogen (secondary N) is 1. The van der Waals surface area contributed by atoms with Gasteiger partial charge in [0, 0.05) is 23.0 Å². The molecule has 0 spiro atoms. The second-order valence-corrected chi connectivity index (χ2v) is 6.26. The number of aromatic nitrogens is 1. The summed E-state index contributed by atoms with van der Waals surface area (Å²) in [7, 11) is 0. The fraction of sp³-hybridized carbons (Fsp3) is 0.438. The number of nitrogens with zero attached hydrogens (tertiary/aromatic N) is 1. The van der Waals surface area contributed by atoms with Gasteiger partial charge >= 0.3 is 6.18 Å². The van der Waals surface area contributed by atoms with E-state index in [0.29, 0.717) is 10.9 Å². The normalized spacial score (nSPS) is 14.3. The number of alkyl halides is 3. The van der Waals surface area contributed by atoms with Gasteiger partial charge in [-0.25, -0.2) is 4.98 Å². The number of pyridine rings is 1. The van der Waals surface area contributed by atoms with E-state index in [-0.39, 0.29) is 17.6 Å². The zero-order chi connectivity index (χ0) is 16.5. The molecule has 0 saturated heterocycles. The van der Waals surface area contributed by atoms with Gasteiger partial charge in [0.1, 0.15) is 5.69 Å². The highest BCUT2D eigenvalue weighted by molar-refractivity contribution is 5.82. The number of hydrogen-bond donors (Lipinski definition) is 2. The third-order valence-corrected chi connectivity index (χ3v) is 3.23. The molecule has 0 radical (unpaired) electrons. The monoisotopic (exact) mass is 312 g/mol. The molecular formula is C16H19F3N2O. The first-order valence-corrected chi connectivity index (χ1v) is 6.98. The molecule has 1 aromatic carbocycles. The van der Waals surface area contributed by atoms with E-state index >= 15 is 0 Å². The largest absolute Gasteiger partial charge is 0.433 e. The number of aliphatic hydroxyl groups is 1. The minimum absolute atomic E-state index is 0.181. The third-order valence-electron chi connectivity index (χ3n) is 3.23. The van der Waals surface area contributed by atoms with Gasteiger partial charge in [0.05, 0.1) is 11.6 Å². The average Bonchev–Trinajstić information content (AvgIpc) is 2.41. The van der Waals surface area contributed by atoms with E-state index in [9.17, 15) is 18.3 Å². The van der Waals surface area contributed by atoms with Crippen LogP contribution in [0.5, 0.6) is 0 Å². The van der Waals surface area contributed by atoms with Crippen LogP contribution < -0.4 is 5.32 Å². The van der Waals surface area contributed by atoms with Crippen LogP contribution in [0.2, 0.25) is 0 Å². The molecule has 1 aromatic heterocycles. The third kappa shape index (κ3) is 3.96. The topological polar surface area (TPSA) is 45.1 Å². The molecule has 2 N–H and O–H groups in total. The fourth-order valence-electron chi connectivity index (χ4n) is 2.11. The number of aliphatic hydroxyl groups excluding tert-OH is 1. The summed E-state index contributed by atoms with van der Waals surface area (Å²) in [5.74, 6) is 0. The van der Waals surface area contributed by atoms with E-state index < -0.39 is 18.0 Å². The molecule has 2 rings (SSSR count). The summed E-state index contributed by atoms with van der Waals surface area (Å²) in [5, 5.41) is 14.0. The molecule has 22 heavy (non-hydrogen) atoms. The second-order valence-electron chi connectivity index (χ2n) is 6.26. The van der Waals surface area contributed by atoms with Crippen molar-refractivity contribution < 1.29 is 18.3 Å². The molecule has 3 nitrogen and oxygen atoms in total. The van der Waals surface area contributed by atoms with Gasteiger partial charge in [-0.3, -0.25) is 0 Å². The van der Waals surface area contributed by atoms with Gasteiger partial charge in [-0.1, -0.05) is 24.3 Å². The quantitative estimate of drug-likeness (QED) is 0.909. The van der Waals surface area contributed by atoms with E-state index in [1.807, 2.05) is 20.8 Å². The molecular weight excluding hydrogens is 293 g/mol. The molecule has 0 aliphatic rings. The Labute approximate surface area is 127 Å². The highest BCUT2D eigenvalue weighted by Gasteiger charge is 2.32. The summed E-state index contributed by atoms with van der Waals surface area (Å²) in [5.41, 5.74) is -0.583. The van der Waals surface area contributed by atoms with E-state index in [4.69, 9.17) is 0 Å². The highest BCUT2D eigenvalue weighted by Crippen LogP contribution is 2.31. The molecule has 6 heteroatoms. The summed E-state index contributed by atoms with van der Waals surface area (Å²) < 4.78 is 38.4. The van der Waals surface area contributed by atoms with Crippen LogP contribution in [-0.4, -0.2) is 22.2 Å². The average molecular weight is 312 g/mol. The van der Waals surface area contributed by atoms with Gasteiger partial charge in [-0.05, 0) is 26.8 Å². The van der Waals surface area contributed by atoms with Crippen LogP contribution in [0.3, 0.4) is 0 Å². The van der Waals surface area contributed by atoms with Crippen molar-refractivity contribution in [3.8, 4) is 0 Å². The first kappa shape index (κ1) is 16.7. The van der Waals surface area contributed by atoms with Crippen molar-refractivity contribution in [3.05, 3.63) is 41.6 Å². The van der Waals surface area contributed by atoms with Crippen molar-refractivity contribution >= 4 is 10.9 Å². The maximum absolute atomic E-state index is 12.8. The number of β-amino-alcohol motifs (C(OH)–C–C–N with tert-alkyl or cyclic N) is 1. The van der Waals surface area contributed by atoms with Crippen molar-refractivity contribution in [1.29, 1.82) is 0 Å². The lowest BCUT2D eigenvalue weighted by Gasteiger charge is -2.23. The molecule has 120 valence electrons. The lowest BCUT2D eigenvalue weighted by atomic mass is 10.0. The summed E-state index contributed by atoms with van der Waals surface area (Å²) in [6.45, 7) is 6.08. The van der Waals surface area contributed by atoms with Crippen LogP contribution in [0, 0.1) is 0 Å². The maximum Gasteiger partial charge on any atom is 0.433 e. The number of para-hydroxylation sites is 1. The van der Waals surface area contributed by atoms with Crippen molar-refractivity contribution in [3.63, 3.8) is 0 Å². The lowest BCUT2D eigenvalue weighted by molar-refractivity contribution is -0.140. The molecule has 0 aliphatic carbocycles. The van der Waals surface area contributed by atoms with Crippen LogP contribution >= 0.6 is 0 Å². The summed E-state index contributed by atoms with van der Waals surface area (Å²) in [6, 6.07) is 7.30. The Bertz CT molecular complexity index is 662. The Morgan fingerprint density at radius 1 is 1.14 bits per heavy atom. The molecule has 0 saturated carbocycles. The predicted octanol–water partition coefficient (Wildman–Crippen LogP) is 3.68. The Morgan fingerprint density at radius 3 is 2.41 bits per heavy atom. The van der Waals surface area contributed by atoms with E-state index in [1.54, 1.807) is 18.2 Å². The van der Waals surface area contributed by atoms with Gasteiger partial charge < -0.3 is 10.4 Å². The Balaban J connectivity index is 2.40. The van der Waals surface area contributed by atoms with E-state index in [1.165, 1.54) is 6.07 Å². The van der Waals surface area contributed by atoms with Gasteiger partial charge in [0.25, 0.3) is 0 Å². The molecule has 1 heterocycles. The highest BCUT2D eigenvalue weighted by atomic mass is 19.4. The van der Waals surface area contributed by atoms with Crippen molar-refractivity contribution in [2.45, 2.75) is 38.6 Å². The number of benzene rings is 1. The second kappa shape index (κ2) is 5.85. The molecule has 0 aliphatic heterocycles. The molecule has 1 atom stereocenters. The molecule has 0 bridgehead atoms. The zero-order valence-electron chi connectivity index (χ0n) is 12.7. The van der Waals surface area contributed by atoms with Crippen LogP contribution in [0.1, 0.15) is 38.1 Å². The smallest absolute Gasteiger partial charge is 0.387 e. The van der Waals surface area contributed by atoms with E-state index in [0.717, 1.165) is 6.07 Å². The zero-order valence-corrected chi connectivity index (χ0v) is 12.7. The molecule has 0 fully saturated rings. The minimum Gasteiger partial charge on any atom is -0.387 e. The standard InChI is InChI=1S/C16H19F3N2O/c1-15(2,3)20-9-12(22)11-6-4-5-10-7-8-13(16(17,18)19)21-14(10)11/h4-8,12,20,22H,9H2,1-3H3/t12-/m1/s1. The van der Waals surface area contributed by atoms with Gasteiger partial charge in [-0.15, -0.1) is 0 Å². The molecule has 0 amide bonds. The van der Waals surface area contributed by atoms with Crippen molar-refractivity contribution in [2.75, 3.05) is 6.54 Å². The predicted molar refractivity (Wildman–Crippen MR) is 79.5 cm³/mol. The summed E-state index contributed by atoms with van der Waals surface area (Å²) in [6.07, 6.45) is -5.44. The maximum atomic E-state index is 12.8. The number of hydrogen-bond acceptors (Lipinski definition) is 3. The van der Waals surface area contributed by atoms with Gasteiger partial charge in [0.2, 0.25) is 0 Å². The summed E-state index contributed by atoms with van der Waals surface area (Å²) >= 11 is 0. The number of fused-ring (bicyclic) bond motifs is 1. The van der Waals surface area contributed by atoms with Crippen molar-refractivity contribution in [1.82, 2.24) is 10.3 Å². The Hall–Kier alpha value is -1.66. The Kier molecular flexibility index (Phi) is 4.44. The van der Waals surface area contributed by atoms with Crippen LogP contribution in [0.25, 0.3) is 10.9 Å². The Morgan fingerprint density at radius 2 is 1.82 bits per heavy atom. The van der Waals surface area contributed by atoms with E-state index in [2.05, 4.69) is 10.3 Å². The summed E-state index contributed by atoms with van der Waals surface area (Å²) in [4.78, 5) is 3.70. The van der Waals surface area contributed by atoms with Gasteiger partial charge in [0.15, 0.2) is 0 Å². The van der Waals surface area contributed by atoms with Gasteiger partial charge in [-0.2, -0.15) is 13.2 Å². The SMILES string of the molecule is CC(C)(C)NC[C@@H](O)c1cccc2ccc(C(F)(F)F)nc12. The first-order valence-electron chi connectivity index (χ1n) is 6.98. The molecule has 2 aromatic rings. The minimum atomic E-state index is -4.50.